The summed E-state index contributed by atoms with van der Waals surface area (Å²) in [7, 11) is 0. The van der Waals surface area contributed by atoms with E-state index in [4.69, 9.17) is 10.5 Å². The molecular weight excluding hydrogens is 349 g/mol. The summed E-state index contributed by atoms with van der Waals surface area (Å²) in [5.74, 6) is -0.0882. The molecule has 5 nitrogen and oxygen atoms in total. The Morgan fingerprint density at radius 1 is 1.29 bits per heavy atom. The molecule has 1 fully saturated rings. The summed E-state index contributed by atoms with van der Waals surface area (Å²) in [5.41, 5.74) is 6.80. The van der Waals surface area contributed by atoms with Gasteiger partial charge in [0.25, 0.3) is 5.91 Å². The summed E-state index contributed by atoms with van der Waals surface area (Å²) < 4.78 is 5.78. The number of benzene rings is 1. The van der Waals surface area contributed by atoms with Crippen molar-refractivity contribution < 1.29 is 9.53 Å². The smallest absolute Gasteiger partial charge is 0.251 e. The van der Waals surface area contributed by atoms with E-state index >= 15 is 0 Å². The second kappa shape index (κ2) is 9.47. The van der Waals surface area contributed by atoms with E-state index in [1.54, 1.807) is 24.3 Å². The van der Waals surface area contributed by atoms with Crippen LogP contribution < -0.4 is 11.1 Å². The molecule has 1 aromatic rings. The first-order valence-electron chi connectivity index (χ1n) is 7.82. The van der Waals surface area contributed by atoms with Gasteiger partial charge in [0.15, 0.2) is 0 Å². The number of morpholine rings is 1. The standard InChI is InChI=1S/C17H27N3O2.2ClH/c1-12-9-20(10-13(2)22-12)17(3,4)11-19-16(21)14-6-5-7-15(18)8-14;;/h5-8,12-13H,9-11,18H2,1-4H3,(H,19,21);2*1H. The van der Waals surface area contributed by atoms with E-state index in [0.717, 1.165) is 13.1 Å². The topological polar surface area (TPSA) is 67.6 Å². The number of nitrogens with one attached hydrogen (secondary N) is 1. The highest BCUT2D eigenvalue weighted by Gasteiger charge is 2.33. The van der Waals surface area contributed by atoms with Crippen LogP contribution in [0.1, 0.15) is 38.1 Å². The zero-order chi connectivity index (χ0) is 16.3. The van der Waals surface area contributed by atoms with E-state index < -0.39 is 0 Å². The number of ether oxygens (including phenoxy) is 1. The molecule has 0 radical (unpaired) electrons. The largest absolute Gasteiger partial charge is 0.399 e. The average Bonchev–Trinajstić information content (AvgIpc) is 2.44. The maximum atomic E-state index is 12.2. The Balaban J connectivity index is 0.00000264. The minimum atomic E-state index is -0.123. The molecule has 2 atom stereocenters. The van der Waals surface area contributed by atoms with E-state index in [2.05, 4.69) is 37.9 Å². The highest BCUT2D eigenvalue weighted by Crippen LogP contribution is 2.20. The molecule has 1 aliphatic heterocycles. The van der Waals surface area contributed by atoms with Gasteiger partial charge in [0.05, 0.1) is 12.2 Å². The summed E-state index contributed by atoms with van der Waals surface area (Å²) in [5, 5.41) is 3.02. The van der Waals surface area contributed by atoms with Crippen molar-refractivity contribution in [3.8, 4) is 0 Å². The molecular formula is C17H29Cl2N3O2. The van der Waals surface area contributed by atoms with E-state index in [1.165, 1.54) is 0 Å². The average molecular weight is 378 g/mol. The van der Waals surface area contributed by atoms with E-state index in [0.29, 0.717) is 17.8 Å². The molecule has 2 rings (SSSR count). The summed E-state index contributed by atoms with van der Waals surface area (Å²) in [6.07, 6.45) is 0.431. The lowest BCUT2D eigenvalue weighted by Crippen LogP contribution is -2.58. The normalized spacial score (nSPS) is 21.3. The third-order valence-electron chi connectivity index (χ3n) is 4.11. The van der Waals surface area contributed by atoms with Crippen LogP contribution in [0.4, 0.5) is 5.69 Å². The van der Waals surface area contributed by atoms with Crippen molar-refractivity contribution in [1.82, 2.24) is 10.2 Å². The summed E-state index contributed by atoms with van der Waals surface area (Å²) in [4.78, 5) is 14.6. The van der Waals surface area contributed by atoms with Gasteiger partial charge in [-0.05, 0) is 45.9 Å². The minimum Gasteiger partial charge on any atom is -0.399 e. The Bertz CT molecular complexity index is 530. The van der Waals surface area contributed by atoms with Gasteiger partial charge < -0.3 is 15.8 Å². The molecule has 0 aromatic heterocycles. The quantitative estimate of drug-likeness (QED) is 0.791. The fourth-order valence-electron chi connectivity index (χ4n) is 2.86. The lowest BCUT2D eigenvalue weighted by Gasteiger charge is -2.45. The highest BCUT2D eigenvalue weighted by molar-refractivity contribution is 5.95. The molecule has 1 aromatic carbocycles. The summed E-state index contributed by atoms with van der Waals surface area (Å²) in [6, 6.07) is 7.04. The zero-order valence-electron chi connectivity index (χ0n) is 14.7. The van der Waals surface area contributed by atoms with E-state index in [-0.39, 0.29) is 48.5 Å². The van der Waals surface area contributed by atoms with Crippen molar-refractivity contribution in [2.75, 3.05) is 25.4 Å². The van der Waals surface area contributed by atoms with Gasteiger partial charge >= 0.3 is 0 Å². The Morgan fingerprint density at radius 2 is 1.88 bits per heavy atom. The number of halogens is 2. The second-order valence-corrected chi connectivity index (χ2v) is 6.78. The van der Waals surface area contributed by atoms with Crippen LogP contribution in [-0.4, -0.2) is 48.2 Å². The molecule has 0 aliphatic carbocycles. The van der Waals surface area contributed by atoms with Crippen molar-refractivity contribution in [2.45, 2.75) is 45.4 Å². The molecule has 3 N–H and O–H groups in total. The van der Waals surface area contributed by atoms with Crippen molar-refractivity contribution in [1.29, 1.82) is 0 Å². The Morgan fingerprint density at radius 3 is 2.42 bits per heavy atom. The third kappa shape index (κ3) is 6.13. The lowest BCUT2D eigenvalue weighted by atomic mass is 10.00. The number of amides is 1. The van der Waals surface area contributed by atoms with Crippen LogP contribution in [0.5, 0.6) is 0 Å². The van der Waals surface area contributed by atoms with Gasteiger partial charge in [-0.3, -0.25) is 9.69 Å². The van der Waals surface area contributed by atoms with Crippen LogP contribution in [0.3, 0.4) is 0 Å². The number of carbonyl (C=O) groups excluding carboxylic acids is 1. The number of nitrogens with zero attached hydrogens (tertiary/aromatic N) is 1. The highest BCUT2D eigenvalue weighted by atomic mass is 35.5. The van der Waals surface area contributed by atoms with Crippen molar-refractivity contribution in [3.63, 3.8) is 0 Å². The predicted molar refractivity (Wildman–Crippen MR) is 103 cm³/mol. The zero-order valence-corrected chi connectivity index (χ0v) is 16.4. The molecule has 2 unspecified atom stereocenters. The Kier molecular flexibility index (Phi) is 9.07. The van der Waals surface area contributed by atoms with Gasteiger partial charge in [0, 0.05) is 36.4 Å². The van der Waals surface area contributed by atoms with Crippen LogP contribution in [0.25, 0.3) is 0 Å². The molecule has 0 bridgehead atoms. The first-order valence-corrected chi connectivity index (χ1v) is 7.82. The fraction of sp³-hybridized carbons (Fsp3) is 0.588. The lowest BCUT2D eigenvalue weighted by molar-refractivity contribution is -0.0948. The number of carbonyl (C=O) groups is 1. The van der Waals surface area contributed by atoms with Crippen LogP contribution in [0.15, 0.2) is 24.3 Å². The molecule has 0 spiro atoms. The second-order valence-electron chi connectivity index (χ2n) is 6.78. The predicted octanol–water partition coefficient (Wildman–Crippen LogP) is 2.73. The molecule has 1 amide bonds. The SMILES string of the molecule is CC1CN(C(C)(C)CNC(=O)c2cccc(N)c2)CC(C)O1.Cl.Cl. The minimum absolute atomic E-state index is 0. The number of nitrogens with two attached hydrogens (primary N) is 1. The van der Waals surface area contributed by atoms with Crippen molar-refractivity contribution >= 4 is 36.4 Å². The van der Waals surface area contributed by atoms with Crippen LogP contribution in [-0.2, 0) is 4.74 Å². The number of anilines is 1. The molecule has 1 heterocycles. The van der Waals surface area contributed by atoms with Gasteiger partial charge in [-0.25, -0.2) is 0 Å². The van der Waals surface area contributed by atoms with E-state index in [1.807, 2.05) is 0 Å². The Labute approximate surface area is 157 Å². The van der Waals surface area contributed by atoms with Crippen LogP contribution in [0, 0.1) is 0 Å². The first kappa shape index (κ1) is 23.0. The van der Waals surface area contributed by atoms with Crippen molar-refractivity contribution in [2.24, 2.45) is 0 Å². The molecule has 24 heavy (non-hydrogen) atoms. The monoisotopic (exact) mass is 377 g/mol. The maximum absolute atomic E-state index is 12.2. The first-order chi connectivity index (χ1) is 10.3. The fourth-order valence-corrected chi connectivity index (χ4v) is 2.86. The van der Waals surface area contributed by atoms with Crippen molar-refractivity contribution in [3.05, 3.63) is 29.8 Å². The van der Waals surface area contributed by atoms with Crippen LogP contribution in [0.2, 0.25) is 0 Å². The Hall–Kier alpha value is -1.01. The molecule has 138 valence electrons. The number of hydrogen-bond donors (Lipinski definition) is 2. The third-order valence-corrected chi connectivity index (χ3v) is 4.11. The maximum Gasteiger partial charge on any atom is 0.251 e. The van der Waals surface area contributed by atoms with E-state index in [9.17, 15) is 4.79 Å². The van der Waals surface area contributed by atoms with Gasteiger partial charge in [0.1, 0.15) is 0 Å². The van der Waals surface area contributed by atoms with Gasteiger partial charge in [0.2, 0.25) is 0 Å². The van der Waals surface area contributed by atoms with Gasteiger partial charge in [-0.15, -0.1) is 24.8 Å². The molecule has 1 saturated heterocycles. The molecule has 0 saturated carbocycles. The molecule has 1 aliphatic rings. The van der Waals surface area contributed by atoms with Gasteiger partial charge in [-0.2, -0.15) is 0 Å². The summed E-state index contributed by atoms with van der Waals surface area (Å²) >= 11 is 0. The van der Waals surface area contributed by atoms with Crippen LogP contribution >= 0.6 is 24.8 Å². The number of nitrogen functional groups attached to an aromatic ring is 1. The number of hydrogen-bond acceptors (Lipinski definition) is 4. The number of rotatable bonds is 4. The van der Waals surface area contributed by atoms with Gasteiger partial charge in [-0.1, -0.05) is 6.07 Å². The summed E-state index contributed by atoms with van der Waals surface area (Å²) in [6.45, 7) is 10.8. The molecule has 7 heteroatoms.